The van der Waals surface area contributed by atoms with Crippen LogP contribution in [0.15, 0.2) is 41.0 Å². The Morgan fingerprint density at radius 3 is 2.35 bits per heavy atom. The first-order valence-corrected chi connectivity index (χ1v) is 7.77. The van der Waals surface area contributed by atoms with Crippen molar-refractivity contribution in [2.45, 2.75) is 13.8 Å². The number of carbonyl (C=O) groups excluding carboxylic acids is 1. The van der Waals surface area contributed by atoms with Gasteiger partial charge in [-0.15, -0.1) is 0 Å². The van der Waals surface area contributed by atoms with Crippen molar-refractivity contribution in [2.24, 2.45) is 0 Å². The van der Waals surface area contributed by atoms with Crippen molar-refractivity contribution in [1.82, 2.24) is 0 Å². The van der Waals surface area contributed by atoms with E-state index in [-0.39, 0.29) is 11.5 Å². The fraction of sp³-hybridized carbons (Fsp3) is 0.214. The Balaban J connectivity index is 2.21. The quantitative estimate of drug-likeness (QED) is 0.860. The summed E-state index contributed by atoms with van der Waals surface area (Å²) in [7, 11) is -3.31. The number of rotatable bonds is 5. The second-order valence-electron chi connectivity index (χ2n) is 4.34. The van der Waals surface area contributed by atoms with E-state index in [4.69, 9.17) is 4.42 Å². The van der Waals surface area contributed by atoms with Gasteiger partial charge in [-0.2, -0.15) is 0 Å². The molecule has 0 amide bonds. The lowest BCUT2D eigenvalue weighted by atomic mass is 10.1. The molecule has 6 heteroatoms. The molecule has 0 radical (unpaired) electrons. The van der Waals surface area contributed by atoms with Crippen molar-refractivity contribution < 1.29 is 17.6 Å². The average molecular weight is 293 g/mol. The minimum atomic E-state index is -3.31. The molecule has 0 bridgehead atoms. The summed E-state index contributed by atoms with van der Waals surface area (Å²) >= 11 is 0. The number of aryl methyl sites for hydroxylation is 1. The third kappa shape index (κ3) is 3.08. The zero-order chi connectivity index (χ0) is 14.8. The van der Waals surface area contributed by atoms with Crippen LogP contribution in [0, 0.1) is 6.92 Å². The molecular formula is C14H15NO4S. The van der Waals surface area contributed by atoms with Crippen LogP contribution in [-0.4, -0.2) is 20.0 Å². The van der Waals surface area contributed by atoms with Gasteiger partial charge < -0.3 is 4.42 Å². The molecule has 2 rings (SSSR count). The van der Waals surface area contributed by atoms with Gasteiger partial charge in [-0.05, 0) is 49.7 Å². The molecule has 106 valence electrons. The van der Waals surface area contributed by atoms with Crippen molar-refractivity contribution in [2.75, 3.05) is 10.5 Å². The summed E-state index contributed by atoms with van der Waals surface area (Å²) < 4.78 is 30.4. The summed E-state index contributed by atoms with van der Waals surface area (Å²) in [5, 5.41) is 0. The lowest BCUT2D eigenvalue weighted by Crippen LogP contribution is -2.14. The largest absolute Gasteiger partial charge is 0.461 e. The summed E-state index contributed by atoms with van der Waals surface area (Å²) in [6, 6.07) is 7.96. The highest BCUT2D eigenvalue weighted by Gasteiger charge is 2.15. The van der Waals surface area contributed by atoms with Gasteiger partial charge in [0.2, 0.25) is 15.8 Å². The molecule has 5 nitrogen and oxygen atoms in total. The number of benzene rings is 1. The fourth-order valence-corrected chi connectivity index (χ4v) is 2.32. The van der Waals surface area contributed by atoms with Crippen molar-refractivity contribution >= 4 is 21.5 Å². The maximum atomic E-state index is 12.1. The monoisotopic (exact) mass is 293 g/mol. The fourth-order valence-electron chi connectivity index (χ4n) is 1.68. The predicted molar refractivity (Wildman–Crippen MR) is 76.4 cm³/mol. The van der Waals surface area contributed by atoms with Crippen molar-refractivity contribution in [3.63, 3.8) is 0 Å². The van der Waals surface area contributed by atoms with Crippen LogP contribution in [0.4, 0.5) is 5.69 Å². The van der Waals surface area contributed by atoms with Crippen molar-refractivity contribution in [3.8, 4) is 0 Å². The highest BCUT2D eigenvalue weighted by atomic mass is 32.2. The second kappa shape index (κ2) is 5.50. The Hall–Kier alpha value is -2.08. The topological polar surface area (TPSA) is 76.4 Å². The summed E-state index contributed by atoms with van der Waals surface area (Å²) in [4.78, 5) is 12.1. The van der Waals surface area contributed by atoms with Gasteiger partial charge in [-0.3, -0.25) is 9.52 Å². The van der Waals surface area contributed by atoms with E-state index in [0.29, 0.717) is 17.0 Å². The number of ketones is 1. The third-order valence-electron chi connectivity index (χ3n) is 2.87. The van der Waals surface area contributed by atoms with E-state index in [1.54, 1.807) is 44.2 Å². The number of nitrogens with one attached hydrogen (secondary N) is 1. The Labute approximate surface area is 117 Å². The number of furan rings is 1. The first-order chi connectivity index (χ1) is 9.43. The van der Waals surface area contributed by atoms with Gasteiger partial charge in [0.15, 0.2) is 5.76 Å². The van der Waals surface area contributed by atoms with Gasteiger partial charge in [0.25, 0.3) is 0 Å². The predicted octanol–water partition coefficient (Wildman–Crippen LogP) is 2.58. The molecular weight excluding hydrogens is 278 g/mol. The Morgan fingerprint density at radius 2 is 1.85 bits per heavy atom. The Bertz CT molecular complexity index is 714. The van der Waals surface area contributed by atoms with Crippen LogP contribution in [0.2, 0.25) is 0 Å². The van der Waals surface area contributed by atoms with Crippen LogP contribution in [0.5, 0.6) is 0 Å². The zero-order valence-electron chi connectivity index (χ0n) is 11.2. The maximum Gasteiger partial charge on any atom is 0.232 e. The molecule has 0 aliphatic rings. The molecule has 1 aromatic carbocycles. The van der Waals surface area contributed by atoms with E-state index >= 15 is 0 Å². The van der Waals surface area contributed by atoms with Crippen molar-refractivity contribution in [3.05, 3.63) is 53.5 Å². The average Bonchev–Trinajstić information content (AvgIpc) is 2.85. The Kier molecular flexibility index (Phi) is 3.94. The van der Waals surface area contributed by atoms with E-state index in [9.17, 15) is 13.2 Å². The summed E-state index contributed by atoms with van der Waals surface area (Å²) in [5.74, 6) is 0.0727. The smallest absolute Gasteiger partial charge is 0.232 e. The lowest BCUT2D eigenvalue weighted by Gasteiger charge is -2.06. The molecule has 0 saturated carbocycles. The van der Waals surface area contributed by atoms with Crippen molar-refractivity contribution in [1.29, 1.82) is 0 Å². The molecule has 20 heavy (non-hydrogen) atoms. The van der Waals surface area contributed by atoms with Gasteiger partial charge in [-0.1, -0.05) is 0 Å². The van der Waals surface area contributed by atoms with E-state index in [1.807, 2.05) is 0 Å². The summed E-state index contributed by atoms with van der Waals surface area (Å²) in [6.45, 7) is 3.35. The summed E-state index contributed by atoms with van der Waals surface area (Å²) in [5.41, 5.74) is 1.65. The number of hydrogen-bond donors (Lipinski definition) is 1. The van der Waals surface area contributed by atoms with Crippen LogP contribution in [0.25, 0.3) is 0 Å². The number of anilines is 1. The molecule has 1 N–H and O–H groups in total. The van der Waals surface area contributed by atoms with Gasteiger partial charge in [0.05, 0.1) is 12.0 Å². The molecule has 0 saturated heterocycles. The van der Waals surface area contributed by atoms with E-state index < -0.39 is 10.0 Å². The molecule has 0 atom stereocenters. The SMILES string of the molecule is CCS(=O)(=O)Nc1ccc(C(=O)c2occc2C)cc1. The normalized spacial score (nSPS) is 11.3. The molecule has 1 aromatic heterocycles. The zero-order valence-corrected chi connectivity index (χ0v) is 12.0. The van der Waals surface area contributed by atoms with Gasteiger partial charge >= 0.3 is 0 Å². The maximum absolute atomic E-state index is 12.1. The van der Waals surface area contributed by atoms with Crippen LogP contribution in [-0.2, 0) is 10.0 Å². The van der Waals surface area contributed by atoms with Gasteiger partial charge in [0.1, 0.15) is 0 Å². The molecule has 0 fully saturated rings. The number of sulfonamides is 1. The summed E-state index contributed by atoms with van der Waals surface area (Å²) in [6.07, 6.45) is 1.46. The minimum Gasteiger partial charge on any atom is -0.461 e. The first-order valence-electron chi connectivity index (χ1n) is 6.12. The molecule has 0 unspecified atom stereocenters. The molecule has 2 aromatic rings. The van der Waals surface area contributed by atoms with E-state index in [1.165, 1.54) is 6.26 Å². The Morgan fingerprint density at radius 1 is 1.20 bits per heavy atom. The lowest BCUT2D eigenvalue weighted by molar-refractivity contribution is 0.101. The second-order valence-corrected chi connectivity index (χ2v) is 6.36. The molecule has 0 spiro atoms. The minimum absolute atomic E-state index is 0.000722. The number of carbonyl (C=O) groups is 1. The van der Waals surface area contributed by atoms with Crippen LogP contribution >= 0.6 is 0 Å². The van der Waals surface area contributed by atoms with E-state index in [2.05, 4.69) is 4.72 Å². The first kappa shape index (κ1) is 14.3. The van der Waals surface area contributed by atoms with Crippen LogP contribution in [0.1, 0.15) is 28.6 Å². The van der Waals surface area contributed by atoms with Gasteiger partial charge in [-0.25, -0.2) is 8.42 Å². The van der Waals surface area contributed by atoms with E-state index in [0.717, 1.165) is 5.56 Å². The molecule has 0 aliphatic heterocycles. The highest BCUT2D eigenvalue weighted by Crippen LogP contribution is 2.17. The number of hydrogen-bond acceptors (Lipinski definition) is 4. The van der Waals surface area contributed by atoms with Gasteiger partial charge in [0, 0.05) is 11.3 Å². The highest BCUT2D eigenvalue weighted by molar-refractivity contribution is 7.92. The third-order valence-corrected chi connectivity index (χ3v) is 4.18. The van der Waals surface area contributed by atoms with Crippen LogP contribution < -0.4 is 4.72 Å². The molecule has 1 heterocycles. The van der Waals surface area contributed by atoms with Crippen LogP contribution in [0.3, 0.4) is 0 Å². The standard InChI is InChI=1S/C14H15NO4S/c1-3-20(17,18)15-12-6-4-11(5-7-12)13(16)14-10(2)8-9-19-14/h4-9,15H,3H2,1-2H3. The molecule has 0 aliphatic carbocycles.